The molecule has 0 nitrogen and oxygen atoms in total. The summed E-state index contributed by atoms with van der Waals surface area (Å²) in [7, 11) is 0. The van der Waals surface area contributed by atoms with E-state index >= 15 is 0 Å². The van der Waals surface area contributed by atoms with E-state index in [1.54, 1.807) is 0 Å². The smallest absolute Gasteiger partial charge is 0.125 e. The summed E-state index contributed by atoms with van der Waals surface area (Å²) in [5.74, 6) is -0.271. The van der Waals surface area contributed by atoms with Crippen LogP contribution in [-0.4, -0.2) is 0 Å². The van der Waals surface area contributed by atoms with Gasteiger partial charge in [0.2, 0.25) is 0 Å². The third-order valence-electron chi connectivity index (χ3n) is 1.03. The third kappa shape index (κ3) is 7.04. The molecule has 0 spiro atoms. The molecule has 0 amide bonds. The largest absolute Gasteiger partial charge is 0.207 e. The highest BCUT2D eigenvalue weighted by Crippen LogP contribution is 2.11. The molecular formula is C10H17F. The van der Waals surface area contributed by atoms with E-state index in [0.29, 0.717) is 12.0 Å². The van der Waals surface area contributed by atoms with Gasteiger partial charge >= 0.3 is 0 Å². The van der Waals surface area contributed by atoms with Crippen LogP contribution in [0.5, 0.6) is 0 Å². The van der Waals surface area contributed by atoms with Crippen LogP contribution in [0.4, 0.5) is 4.39 Å². The van der Waals surface area contributed by atoms with Gasteiger partial charge in [0.05, 0.1) is 0 Å². The molecule has 0 aromatic carbocycles. The lowest BCUT2D eigenvalue weighted by Crippen LogP contribution is -1.76. The SMILES string of the molecule is C=C/C=C(/F)C(=C)CC.CC. The van der Waals surface area contributed by atoms with Gasteiger partial charge in [-0.15, -0.1) is 0 Å². The predicted molar refractivity (Wildman–Crippen MR) is 50.2 cm³/mol. The molecule has 0 aliphatic carbocycles. The first kappa shape index (κ1) is 12.8. The van der Waals surface area contributed by atoms with Crippen molar-refractivity contribution in [1.82, 2.24) is 0 Å². The van der Waals surface area contributed by atoms with E-state index in [-0.39, 0.29) is 5.83 Å². The van der Waals surface area contributed by atoms with Crippen molar-refractivity contribution in [3.05, 3.63) is 36.7 Å². The number of allylic oxidation sites excluding steroid dienone is 4. The molecule has 0 aliphatic heterocycles. The number of hydrogen-bond donors (Lipinski definition) is 0. The topological polar surface area (TPSA) is 0 Å². The highest BCUT2D eigenvalue weighted by molar-refractivity contribution is 5.24. The van der Waals surface area contributed by atoms with Gasteiger partial charge in [-0.05, 0) is 18.1 Å². The maximum absolute atomic E-state index is 12.5. The number of hydrogen-bond acceptors (Lipinski definition) is 0. The Morgan fingerprint density at radius 1 is 1.45 bits per heavy atom. The van der Waals surface area contributed by atoms with Crippen molar-refractivity contribution in [2.24, 2.45) is 0 Å². The maximum atomic E-state index is 12.5. The second-order valence-electron chi connectivity index (χ2n) is 1.71. The molecule has 0 saturated carbocycles. The molecule has 1 heteroatoms. The Hall–Kier alpha value is -0.850. The Bertz CT molecular complexity index is 143. The summed E-state index contributed by atoms with van der Waals surface area (Å²) in [6.45, 7) is 12.7. The van der Waals surface area contributed by atoms with Gasteiger partial charge in [-0.2, -0.15) is 0 Å². The Balaban J connectivity index is 0. The van der Waals surface area contributed by atoms with Crippen molar-refractivity contribution < 1.29 is 4.39 Å². The fourth-order valence-corrected chi connectivity index (χ4v) is 0.390. The van der Waals surface area contributed by atoms with Gasteiger partial charge in [0, 0.05) is 0 Å². The fraction of sp³-hybridized carbons (Fsp3) is 0.400. The zero-order valence-corrected chi connectivity index (χ0v) is 7.65. The highest BCUT2D eigenvalue weighted by atomic mass is 19.1. The minimum Gasteiger partial charge on any atom is -0.207 e. The molecule has 0 saturated heterocycles. The standard InChI is InChI=1S/C8H11F.C2H6/c1-4-6-8(9)7(3)5-2;1-2/h4,6H,1,3,5H2,2H3;1-2H3/b8-6+;. The molecule has 64 valence electrons. The van der Waals surface area contributed by atoms with E-state index in [0.717, 1.165) is 0 Å². The third-order valence-corrected chi connectivity index (χ3v) is 1.03. The van der Waals surface area contributed by atoms with E-state index in [4.69, 9.17) is 0 Å². The molecule has 0 rings (SSSR count). The van der Waals surface area contributed by atoms with Gasteiger partial charge in [0.25, 0.3) is 0 Å². The zero-order chi connectivity index (χ0) is 9.28. The second kappa shape index (κ2) is 9.15. The van der Waals surface area contributed by atoms with Crippen LogP contribution in [0.25, 0.3) is 0 Å². The van der Waals surface area contributed by atoms with E-state index in [1.165, 1.54) is 12.2 Å². The zero-order valence-electron chi connectivity index (χ0n) is 7.65. The summed E-state index contributed by atoms with van der Waals surface area (Å²) in [4.78, 5) is 0. The van der Waals surface area contributed by atoms with Crippen LogP contribution in [-0.2, 0) is 0 Å². The lowest BCUT2D eigenvalue weighted by Gasteiger charge is -1.93. The quantitative estimate of drug-likeness (QED) is 0.541. The summed E-state index contributed by atoms with van der Waals surface area (Å²) in [5.41, 5.74) is 0.523. The van der Waals surface area contributed by atoms with Gasteiger partial charge in [0.1, 0.15) is 5.83 Å². The lowest BCUT2D eigenvalue weighted by atomic mass is 10.2. The Labute approximate surface area is 69.1 Å². The molecule has 0 unspecified atom stereocenters. The summed E-state index contributed by atoms with van der Waals surface area (Å²) < 4.78 is 12.5. The Morgan fingerprint density at radius 2 is 1.91 bits per heavy atom. The monoisotopic (exact) mass is 156 g/mol. The molecule has 0 radical (unpaired) electrons. The summed E-state index contributed by atoms with van der Waals surface area (Å²) in [5, 5.41) is 0. The first-order valence-electron chi connectivity index (χ1n) is 3.88. The molecule has 0 aliphatic rings. The van der Waals surface area contributed by atoms with E-state index in [9.17, 15) is 4.39 Å². The summed E-state index contributed by atoms with van der Waals surface area (Å²) >= 11 is 0. The van der Waals surface area contributed by atoms with Crippen molar-refractivity contribution >= 4 is 0 Å². The fourth-order valence-electron chi connectivity index (χ4n) is 0.390. The van der Waals surface area contributed by atoms with Crippen LogP contribution in [0.1, 0.15) is 27.2 Å². The first-order chi connectivity index (χ1) is 5.22. The highest BCUT2D eigenvalue weighted by Gasteiger charge is 1.94. The predicted octanol–water partition coefficient (Wildman–Crippen LogP) is 4.02. The van der Waals surface area contributed by atoms with Crippen LogP contribution in [0.2, 0.25) is 0 Å². The average molecular weight is 156 g/mol. The van der Waals surface area contributed by atoms with Crippen LogP contribution in [0.15, 0.2) is 36.7 Å². The van der Waals surface area contributed by atoms with Crippen LogP contribution in [0, 0.1) is 0 Å². The molecule has 0 atom stereocenters. The minimum absolute atomic E-state index is 0.271. The molecule has 0 fully saturated rings. The second-order valence-corrected chi connectivity index (χ2v) is 1.71. The average Bonchev–Trinajstić information content (AvgIpc) is 2.07. The first-order valence-corrected chi connectivity index (χ1v) is 3.88. The number of halogens is 1. The van der Waals surface area contributed by atoms with E-state index < -0.39 is 0 Å². The molecule has 11 heavy (non-hydrogen) atoms. The summed E-state index contributed by atoms with van der Waals surface area (Å²) in [6, 6.07) is 0. The summed E-state index contributed by atoms with van der Waals surface area (Å²) in [6.07, 6.45) is 3.37. The normalized spacial score (nSPS) is 9.64. The molecule has 0 bridgehead atoms. The Morgan fingerprint density at radius 3 is 2.18 bits per heavy atom. The van der Waals surface area contributed by atoms with Gasteiger partial charge in [-0.25, -0.2) is 4.39 Å². The molecule has 0 aromatic heterocycles. The van der Waals surface area contributed by atoms with Gasteiger partial charge in [-0.3, -0.25) is 0 Å². The Kier molecular flexibility index (Phi) is 10.6. The van der Waals surface area contributed by atoms with Gasteiger partial charge < -0.3 is 0 Å². The van der Waals surface area contributed by atoms with Crippen molar-refractivity contribution in [3.63, 3.8) is 0 Å². The lowest BCUT2D eigenvalue weighted by molar-refractivity contribution is 0.644. The van der Waals surface area contributed by atoms with Crippen molar-refractivity contribution in [2.75, 3.05) is 0 Å². The number of rotatable bonds is 3. The van der Waals surface area contributed by atoms with Crippen molar-refractivity contribution in [1.29, 1.82) is 0 Å². The van der Waals surface area contributed by atoms with E-state index in [2.05, 4.69) is 13.2 Å². The molecular weight excluding hydrogens is 139 g/mol. The minimum atomic E-state index is -0.271. The molecule has 0 aromatic rings. The van der Waals surface area contributed by atoms with Gasteiger partial charge in [0.15, 0.2) is 0 Å². The maximum Gasteiger partial charge on any atom is 0.125 e. The van der Waals surface area contributed by atoms with Crippen molar-refractivity contribution in [2.45, 2.75) is 27.2 Å². The molecule has 0 N–H and O–H groups in total. The van der Waals surface area contributed by atoms with Crippen LogP contribution >= 0.6 is 0 Å². The van der Waals surface area contributed by atoms with Crippen molar-refractivity contribution in [3.8, 4) is 0 Å². The van der Waals surface area contributed by atoms with Crippen LogP contribution in [0.3, 0.4) is 0 Å². The van der Waals surface area contributed by atoms with Gasteiger partial charge in [-0.1, -0.05) is 40.0 Å². The van der Waals surface area contributed by atoms with Crippen LogP contribution < -0.4 is 0 Å². The molecule has 0 heterocycles. The van der Waals surface area contributed by atoms with E-state index in [1.807, 2.05) is 20.8 Å².